The van der Waals surface area contributed by atoms with Crippen molar-refractivity contribution in [2.75, 3.05) is 6.54 Å². The van der Waals surface area contributed by atoms with Crippen LogP contribution in [0.2, 0.25) is 0 Å². The van der Waals surface area contributed by atoms with E-state index in [4.69, 9.17) is 5.73 Å². The Kier molecular flexibility index (Phi) is 2.55. The molecular weight excluding hydrogens is 172 g/mol. The summed E-state index contributed by atoms with van der Waals surface area (Å²) in [6.45, 7) is 2.87. The highest BCUT2D eigenvalue weighted by Crippen LogP contribution is 2.20. The normalized spacial score (nSPS) is 11.0. The zero-order valence-electron chi connectivity index (χ0n) is 8.51. The molecular formula is C12H16N2. The van der Waals surface area contributed by atoms with Crippen molar-refractivity contribution >= 4 is 10.9 Å². The molecule has 2 heteroatoms. The molecule has 74 valence electrons. The van der Waals surface area contributed by atoms with Gasteiger partial charge >= 0.3 is 0 Å². The van der Waals surface area contributed by atoms with E-state index in [0.29, 0.717) is 0 Å². The molecule has 0 amide bonds. The number of rotatable bonds is 3. The molecule has 1 aromatic heterocycles. The van der Waals surface area contributed by atoms with Gasteiger partial charge in [-0.05, 0) is 43.5 Å². The van der Waals surface area contributed by atoms with E-state index in [-0.39, 0.29) is 0 Å². The molecule has 0 aliphatic rings. The fourth-order valence-corrected chi connectivity index (χ4v) is 1.80. The fraction of sp³-hybridized carbons (Fsp3) is 0.333. The molecule has 0 aliphatic carbocycles. The molecule has 2 aromatic rings. The number of aromatic nitrogens is 1. The molecule has 2 rings (SSSR count). The largest absolute Gasteiger partial charge is 0.361 e. The number of nitrogens with two attached hydrogens (primary N) is 1. The molecule has 1 aromatic carbocycles. The van der Waals surface area contributed by atoms with E-state index >= 15 is 0 Å². The summed E-state index contributed by atoms with van der Waals surface area (Å²) < 4.78 is 0. The van der Waals surface area contributed by atoms with Gasteiger partial charge in [-0.15, -0.1) is 0 Å². The van der Waals surface area contributed by atoms with Crippen molar-refractivity contribution in [3.05, 3.63) is 35.5 Å². The van der Waals surface area contributed by atoms with E-state index in [1.807, 2.05) is 0 Å². The molecule has 14 heavy (non-hydrogen) atoms. The van der Waals surface area contributed by atoms with Crippen LogP contribution in [0, 0.1) is 6.92 Å². The van der Waals surface area contributed by atoms with Gasteiger partial charge in [-0.3, -0.25) is 0 Å². The number of nitrogens with one attached hydrogen (secondary N) is 1. The Labute approximate surface area is 84.1 Å². The molecule has 1 heterocycles. The molecule has 0 spiro atoms. The van der Waals surface area contributed by atoms with E-state index in [1.54, 1.807) is 0 Å². The Morgan fingerprint density at radius 3 is 3.00 bits per heavy atom. The van der Waals surface area contributed by atoms with Crippen LogP contribution in [0.25, 0.3) is 10.9 Å². The molecule has 3 N–H and O–H groups in total. The van der Waals surface area contributed by atoms with E-state index in [2.05, 4.69) is 36.3 Å². The van der Waals surface area contributed by atoms with Crippen LogP contribution in [0.4, 0.5) is 0 Å². The predicted molar refractivity (Wildman–Crippen MR) is 60.4 cm³/mol. The molecule has 0 saturated heterocycles. The maximum absolute atomic E-state index is 5.50. The first-order valence-electron chi connectivity index (χ1n) is 5.08. The van der Waals surface area contributed by atoms with Crippen molar-refractivity contribution in [3.63, 3.8) is 0 Å². The second-order valence-corrected chi connectivity index (χ2v) is 3.76. The predicted octanol–water partition coefficient (Wildman–Crippen LogP) is 2.37. The highest BCUT2D eigenvalue weighted by molar-refractivity contribution is 5.83. The second-order valence-electron chi connectivity index (χ2n) is 3.76. The number of aromatic amines is 1. The lowest BCUT2D eigenvalue weighted by Gasteiger charge is -1.97. The van der Waals surface area contributed by atoms with Gasteiger partial charge in [-0.25, -0.2) is 0 Å². The average molecular weight is 188 g/mol. The van der Waals surface area contributed by atoms with Gasteiger partial charge in [0.05, 0.1) is 0 Å². The van der Waals surface area contributed by atoms with E-state index < -0.39 is 0 Å². The number of hydrogen-bond acceptors (Lipinski definition) is 1. The summed E-state index contributed by atoms with van der Waals surface area (Å²) in [4.78, 5) is 3.30. The van der Waals surface area contributed by atoms with Gasteiger partial charge in [-0.2, -0.15) is 0 Å². The Hall–Kier alpha value is -1.28. The van der Waals surface area contributed by atoms with Crippen molar-refractivity contribution in [1.82, 2.24) is 4.98 Å². The number of fused-ring (bicyclic) bond motifs is 1. The zero-order valence-corrected chi connectivity index (χ0v) is 8.51. The first-order chi connectivity index (χ1) is 6.81. The topological polar surface area (TPSA) is 41.8 Å². The van der Waals surface area contributed by atoms with Crippen LogP contribution in [-0.2, 0) is 6.42 Å². The van der Waals surface area contributed by atoms with Gasteiger partial charge in [0.1, 0.15) is 0 Å². The summed E-state index contributed by atoms with van der Waals surface area (Å²) in [7, 11) is 0. The van der Waals surface area contributed by atoms with Crippen LogP contribution in [0.5, 0.6) is 0 Å². The number of hydrogen-bond donors (Lipinski definition) is 2. The molecule has 0 bridgehead atoms. The van der Waals surface area contributed by atoms with Crippen molar-refractivity contribution in [2.24, 2.45) is 5.73 Å². The molecule has 0 aliphatic heterocycles. The zero-order chi connectivity index (χ0) is 9.97. The number of H-pyrrole nitrogens is 1. The van der Waals surface area contributed by atoms with Crippen LogP contribution >= 0.6 is 0 Å². The Morgan fingerprint density at radius 2 is 2.21 bits per heavy atom. The lowest BCUT2D eigenvalue weighted by molar-refractivity contribution is 0.837. The Bertz CT molecular complexity index is 429. The van der Waals surface area contributed by atoms with E-state index in [9.17, 15) is 0 Å². The van der Waals surface area contributed by atoms with Crippen LogP contribution in [0.1, 0.15) is 17.5 Å². The number of benzene rings is 1. The van der Waals surface area contributed by atoms with Gasteiger partial charge in [0, 0.05) is 17.1 Å². The van der Waals surface area contributed by atoms with Gasteiger partial charge in [0.2, 0.25) is 0 Å². The Balaban J connectivity index is 2.37. The minimum Gasteiger partial charge on any atom is -0.361 e. The van der Waals surface area contributed by atoms with Crippen LogP contribution < -0.4 is 5.73 Å². The van der Waals surface area contributed by atoms with Crippen LogP contribution in [0.15, 0.2) is 24.4 Å². The highest BCUT2D eigenvalue weighted by atomic mass is 14.7. The quantitative estimate of drug-likeness (QED) is 0.763. The monoisotopic (exact) mass is 188 g/mol. The lowest BCUT2D eigenvalue weighted by Crippen LogP contribution is -1.99. The third-order valence-corrected chi connectivity index (χ3v) is 2.57. The third-order valence-electron chi connectivity index (χ3n) is 2.57. The van der Waals surface area contributed by atoms with Gasteiger partial charge in [0.25, 0.3) is 0 Å². The minimum absolute atomic E-state index is 0.762. The summed E-state index contributed by atoms with van der Waals surface area (Å²) in [5, 5.41) is 1.34. The molecule has 0 radical (unpaired) electrons. The molecule has 2 nitrogen and oxygen atoms in total. The second kappa shape index (κ2) is 3.84. The summed E-state index contributed by atoms with van der Waals surface area (Å²) in [5.74, 6) is 0. The van der Waals surface area contributed by atoms with Gasteiger partial charge < -0.3 is 10.7 Å². The highest BCUT2D eigenvalue weighted by Gasteiger charge is 2.02. The van der Waals surface area contributed by atoms with Crippen LogP contribution in [0.3, 0.4) is 0 Å². The van der Waals surface area contributed by atoms with Crippen molar-refractivity contribution in [2.45, 2.75) is 19.8 Å². The first kappa shape index (κ1) is 9.28. The van der Waals surface area contributed by atoms with Crippen molar-refractivity contribution in [3.8, 4) is 0 Å². The van der Waals surface area contributed by atoms with Gasteiger partial charge in [-0.1, -0.05) is 12.1 Å². The standard InChI is InChI=1S/C12H16N2/c1-9-4-5-11-10(3-2-6-13)8-14-12(11)7-9/h4-5,7-8,14H,2-3,6,13H2,1H3. The summed E-state index contributed by atoms with van der Waals surface area (Å²) in [5.41, 5.74) is 9.41. The maximum atomic E-state index is 5.50. The SMILES string of the molecule is Cc1ccc2c(CCCN)c[nH]c2c1. The van der Waals surface area contributed by atoms with Crippen LogP contribution in [-0.4, -0.2) is 11.5 Å². The van der Waals surface area contributed by atoms with E-state index in [0.717, 1.165) is 19.4 Å². The lowest BCUT2D eigenvalue weighted by atomic mass is 10.1. The fourth-order valence-electron chi connectivity index (χ4n) is 1.80. The van der Waals surface area contributed by atoms with Crippen molar-refractivity contribution in [1.29, 1.82) is 0 Å². The Morgan fingerprint density at radius 1 is 1.36 bits per heavy atom. The molecule has 0 atom stereocenters. The van der Waals surface area contributed by atoms with Crippen molar-refractivity contribution < 1.29 is 0 Å². The molecule has 0 unspecified atom stereocenters. The number of aryl methyl sites for hydroxylation is 2. The maximum Gasteiger partial charge on any atom is 0.0459 e. The van der Waals surface area contributed by atoms with Gasteiger partial charge in [0.15, 0.2) is 0 Å². The molecule has 0 fully saturated rings. The van der Waals surface area contributed by atoms with E-state index in [1.165, 1.54) is 22.0 Å². The first-order valence-corrected chi connectivity index (χ1v) is 5.08. The smallest absolute Gasteiger partial charge is 0.0459 e. The molecule has 0 saturated carbocycles. The summed E-state index contributed by atoms with van der Waals surface area (Å²) >= 11 is 0. The summed E-state index contributed by atoms with van der Waals surface area (Å²) in [6, 6.07) is 6.52. The third kappa shape index (κ3) is 1.66. The average Bonchev–Trinajstić information content (AvgIpc) is 2.57. The minimum atomic E-state index is 0.762. The summed E-state index contributed by atoms with van der Waals surface area (Å²) in [6.07, 6.45) is 4.22.